The summed E-state index contributed by atoms with van der Waals surface area (Å²) in [6, 6.07) is 13.7. The molecule has 0 spiro atoms. The molecule has 1 unspecified atom stereocenters. The van der Waals surface area contributed by atoms with E-state index < -0.39 is 0 Å². The first-order valence-electron chi connectivity index (χ1n) is 9.62. The molecule has 6 heteroatoms. The molecule has 0 saturated carbocycles. The van der Waals surface area contributed by atoms with Gasteiger partial charge in [0.25, 0.3) is 5.56 Å². The molecule has 0 amide bonds. The number of benzene rings is 1. The zero-order chi connectivity index (χ0) is 19.5. The topological polar surface area (TPSA) is 71.1 Å². The van der Waals surface area contributed by atoms with Gasteiger partial charge >= 0.3 is 0 Å². The lowest BCUT2D eigenvalue weighted by molar-refractivity contribution is 0.406. The first-order valence-corrected chi connectivity index (χ1v) is 9.62. The Morgan fingerprint density at radius 2 is 2.11 bits per heavy atom. The van der Waals surface area contributed by atoms with Crippen LogP contribution in [-0.4, -0.2) is 35.2 Å². The largest absolute Gasteiger partial charge is 0.496 e. The standard InChI is InChI=1S/C22H24N4O2/c1-3-17-12-21(27)25-22(24-17)15-8-9-20(23-13-15)26-11-10-16(14-26)18-6-4-5-7-19(18)28-2/h4-9,12-13,16H,3,10-11,14H2,1-2H3,(H,24,25,27). The Hall–Kier alpha value is -3.15. The van der Waals surface area contributed by atoms with Crippen molar-refractivity contribution in [2.75, 3.05) is 25.1 Å². The van der Waals surface area contributed by atoms with Crippen molar-refractivity contribution in [1.29, 1.82) is 0 Å². The van der Waals surface area contributed by atoms with Gasteiger partial charge in [-0.05, 0) is 36.6 Å². The first-order chi connectivity index (χ1) is 13.7. The summed E-state index contributed by atoms with van der Waals surface area (Å²) in [6.45, 7) is 3.85. The molecule has 0 bridgehead atoms. The van der Waals surface area contributed by atoms with Crippen LogP contribution in [0.1, 0.15) is 30.5 Å². The number of methoxy groups -OCH3 is 1. The summed E-state index contributed by atoms with van der Waals surface area (Å²) in [5.74, 6) is 2.88. The highest BCUT2D eigenvalue weighted by Gasteiger charge is 2.26. The fourth-order valence-corrected chi connectivity index (χ4v) is 3.76. The van der Waals surface area contributed by atoms with Crippen LogP contribution in [0.25, 0.3) is 11.4 Å². The van der Waals surface area contributed by atoms with Crippen molar-refractivity contribution in [2.24, 2.45) is 0 Å². The van der Waals surface area contributed by atoms with Gasteiger partial charge in [-0.15, -0.1) is 0 Å². The SMILES string of the molecule is CCc1cc(=O)[nH]c(-c2ccc(N3CCC(c4ccccc4OC)C3)nc2)n1. The Kier molecular flexibility index (Phi) is 5.10. The van der Waals surface area contributed by atoms with E-state index in [4.69, 9.17) is 4.74 Å². The maximum Gasteiger partial charge on any atom is 0.251 e. The Morgan fingerprint density at radius 1 is 1.25 bits per heavy atom. The smallest absolute Gasteiger partial charge is 0.251 e. The van der Waals surface area contributed by atoms with E-state index in [-0.39, 0.29) is 5.56 Å². The van der Waals surface area contributed by atoms with E-state index in [2.05, 4.69) is 32.0 Å². The molecule has 3 heterocycles. The van der Waals surface area contributed by atoms with Crippen LogP contribution in [-0.2, 0) is 6.42 Å². The van der Waals surface area contributed by atoms with Gasteiger partial charge < -0.3 is 14.6 Å². The molecule has 0 aliphatic carbocycles. The van der Waals surface area contributed by atoms with Crippen LogP contribution in [0.15, 0.2) is 53.5 Å². The predicted molar refractivity (Wildman–Crippen MR) is 110 cm³/mol. The van der Waals surface area contributed by atoms with Crippen LogP contribution in [0.5, 0.6) is 5.75 Å². The molecule has 0 radical (unpaired) electrons. The van der Waals surface area contributed by atoms with Crippen molar-refractivity contribution in [3.8, 4) is 17.1 Å². The second-order valence-electron chi connectivity index (χ2n) is 7.02. The van der Waals surface area contributed by atoms with Crippen molar-refractivity contribution in [1.82, 2.24) is 15.0 Å². The van der Waals surface area contributed by atoms with Crippen LogP contribution in [0.2, 0.25) is 0 Å². The van der Waals surface area contributed by atoms with E-state index in [1.165, 1.54) is 11.6 Å². The first kappa shape index (κ1) is 18.2. The minimum atomic E-state index is -0.134. The van der Waals surface area contributed by atoms with Crippen LogP contribution < -0.4 is 15.2 Å². The third kappa shape index (κ3) is 3.63. The number of aromatic nitrogens is 3. The monoisotopic (exact) mass is 376 g/mol. The summed E-state index contributed by atoms with van der Waals surface area (Å²) in [4.78, 5) is 26.0. The number of pyridine rings is 1. The van der Waals surface area contributed by atoms with Gasteiger partial charge in [0.05, 0.1) is 7.11 Å². The van der Waals surface area contributed by atoms with Crippen LogP contribution in [0.4, 0.5) is 5.82 Å². The van der Waals surface area contributed by atoms with E-state index in [0.29, 0.717) is 11.7 Å². The molecule has 28 heavy (non-hydrogen) atoms. The fourth-order valence-electron chi connectivity index (χ4n) is 3.76. The molecule has 1 saturated heterocycles. The van der Waals surface area contributed by atoms with Gasteiger partial charge in [-0.25, -0.2) is 9.97 Å². The molecule has 3 aromatic rings. The van der Waals surface area contributed by atoms with Gasteiger partial charge in [-0.1, -0.05) is 25.1 Å². The highest BCUT2D eigenvalue weighted by atomic mass is 16.5. The molecule has 1 aromatic carbocycles. The number of ether oxygens (including phenoxy) is 1. The van der Waals surface area contributed by atoms with Gasteiger partial charge in [0.1, 0.15) is 17.4 Å². The number of nitrogens with one attached hydrogen (secondary N) is 1. The van der Waals surface area contributed by atoms with Gasteiger partial charge in [0, 0.05) is 42.5 Å². The second-order valence-corrected chi connectivity index (χ2v) is 7.02. The number of H-pyrrole nitrogens is 1. The molecule has 1 aliphatic heterocycles. The third-order valence-electron chi connectivity index (χ3n) is 5.27. The average Bonchev–Trinajstić information content (AvgIpc) is 3.23. The maximum absolute atomic E-state index is 11.8. The van der Waals surface area contributed by atoms with E-state index in [1.54, 1.807) is 13.3 Å². The van der Waals surface area contributed by atoms with Crippen molar-refractivity contribution in [3.63, 3.8) is 0 Å². The minimum Gasteiger partial charge on any atom is -0.496 e. The maximum atomic E-state index is 11.8. The lowest BCUT2D eigenvalue weighted by Gasteiger charge is -2.19. The summed E-state index contributed by atoms with van der Waals surface area (Å²) >= 11 is 0. The second kappa shape index (κ2) is 7.84. The molecule has 2 aromatic heterocycles. The number of hydrogen-bond donors (Lipinski definition) is 1. The zero-order valence-corrected chi connectivity index (χ0v) is 16.2. The summed E-state index contributed by atoms with van der Waals surface area (Å²) < 4.78 is 5.52. The summed E-state index contributed by atoms with van der Waals surface area (Å²) in [5, 5.41) is 0. The van der Waals surface area contributed by atoms with Crippen molar-refractivity contribution in [2.45, 2.75) is 25.7 Å². The van der Waals surface area contributed by atoms with Gasteiger partial charge in [-0.3, -0.25) is 4.79 Å². The van der Waals surface area contributed by atoms with Crippen LogP contribution >= 0.6 is 0 Å². The lowest BCUT2D eigenvalue weighted by atomic mass is 9.97. The van der Waals surface area contributed by atoms with E-state index in [9.17, 15) is 4.79 Å². The molecule has 144 valence electrons. The highest BCUT2D eigenvalue weighted by Crippen LogP contribution is 2.35. The predicted octanol–water partition coefficient (Wildman–Crippen LogP) is 3.40. The molecule has 1 N–H and O–H groups in total. The summed E-state index contributed by atoms with van der Waals surface area (Å²) in [5.41, 5.74) is 2.71. The number of aromatic amines is 1. The fraction of sp³-hybridized carbons (Fsp3) is 0.318. The van der Waals surface area contributed by atoms with E-state index in [1.807, 2.05) is 31.2 Å². The third-order valence-corrected chi connectivity index (χ3v) is 5.27. The van der Waals surface area contributed by atoms with Crippen molar-refractivity contribution < 1.29 is 4.74 Å². The molecular formula is C22H24N4O2. The minimum absolute atomic E-state index is 0.134. The normalized spacial score (nSPS) is 16.4. The molecular weight excluding hydrogens is 352 g/mol. The Balaban J connectivity index is 1.52. The molecule has 4 rings (SSSR count). The van der Waals surface area contributed by atoms with Gasteiger partial charge in [0.2, 0.25) is 0 Å². The van der Waals surface area contributed by atoms with E-state index in [0.717, 1.165) is 48.8 Å². The lowest BCUT2D eigenvalue weighted by Crippen LogP contribution is -2.20. The number of para-hydroxylation sites is 1. The Morgan fingerprint density at radius 3 is 2.86 bits per heavy atom. The van der Waals surface area contributed by atoms with Crippen LogP contribution in [0.3, 0.4) is 0 Å². The van der Waals surface area contributed by atoms with Crippen molar-refractivity contribution in [3.05, 3.63) is 70.3 Å². The van der Waals surface area contributed by atoms with Crippen LogP contribution in [0, 0.1) is 0 Å². The number of nitrogens with zero attached hydrogens (tertiary/aromatic N) is 3. The number of rotatable bonds is 5. The zero-order valence-electron chi connectivity index (χ0n) is 16.2. The average molecular weight is 376 g/mol. The molecule has 6 nitrogen and oxygen atoms in total. The number of hydrogen-bond acceptors (Lipinski definition) is 5. The van der Waals surface area contributed by atoms with E-state index >= 15 is 0 Å². The summed E-state index contributed by atoms with van der Waals surface area (Å²) in [6.07, 6.45) is 3.57. The molecule has 1 atom stereocenters. The van der Waals surface area contributed by atoms with Gasteiger partial charge in [-0.2, -0.15) is 0 Å². The Bertz CT molecular complexity index is 1010. The number of aryl methyl sites for hydroxylation is 1. The summed E-state index contributed by atoms with van der Waals surface area (Å²) in [7, 11) is 1.72. The Labute approximate surface area is 164 Å². The number of anilines is 1. The van der Waals surface area contributed by atoms with Gasteiger partial charge in [0.15, 0.2) is 0 Å². The highest BCUT2D eigenvalue weighted by molar-refractivity contribution is 5.57. The molecule has 1 aliphatic rings. The quantitative estimate of drug-likeness (QED) is 0.739. The van der Waals surface area contributed by atoms with Crippen molar-refractivity contribution >= 4 is 5.82 Å². The molecule has 1 fully saturated rings.